The number of nitrogens with zero attached hydrogens (tertiary/aromatic N) is 2. The Morgan fingerprint density at radius 1 is 1.40 bits per heavy atom. The average molecular weight is 299 g/mol. The SMILES string of the molecule is CN1CCN(C)C(CC(=O)Cc2ccc(F)cc2Cl)C1. The molecule has 1 aromatic rings. The fourth-order valence-electron chi connectivity index (χ4n) is 2.53. The van der Waals surface area contributed by atoms with E-state index in [0.717, 1.165) is 19.6 Å². The molecule has 0 aromatic heterocycles. The first kappa shape index (κ1) is 15.4. The van der Waals surface area contributed by atoms with Crippen LogP contribution in [0.3, 0.4) is 0 Å². The van der Waals surface area contributed by atoms with Gasteiger partial charge in [0.1, 0.15) is 11.6 Å². The number of Topliss-reactive ketones (excluding diaryl/α,β-unsaturated/α-hetero) is 1. The molecule has 0 aliphatic carbocycles. The lowest BCUT2D eigenvalue weighted by molar-refractivity contribution is -0.120. The fraction of sp³-hybridized carbons (Fsp3) is 0.533. The highest BCUT2D eigenvalue weighted by Crippen LogP contribution is 2.19. The van der Waals surface area contributed by atoms with Crippen LogP contribution >= 0.6 is 11.6 Å². The first-order chi connectivity index (χ1) is 9.45. The van der Waals surface area contributed by atoms with Gasteiger partial charge >= 0.3 is 0 Å². The minimum absolute atomic E-state index is 0.144. The highest BCUT2D eigenvalue weighted by atomic mass is 35.5. The fourth-order valence-corrected chi connectivity index (χ4v) is 2.77. The second kappa shape index (κ2) is 6.66. The number of hydrogen-bond donors (Lipinski definition) is 0. The molecule has 0 N–H and O–H groups in total. The summed E-state index contributed by atoms with van der Waals surface area (Å²) >= 11 is 5.96. The molecule has 0 amide bonds. The van der Waals surface area contributed by atoms with Gasteiger partial charge in [-0.05, 0) is 31.8 Å². The Balaban J connectivity index is 1.94. The number of carbonyl (C=O) groups is 1. The van der Waals surface area contributed by atoms with Crippen LogP contribution in [-0.4, -0.2) is 55.4 Å². The zero-order valence-corrected chi connectivity index (χ0v) is 12.7. The normalized spacial score (nSPS) is 21.1. The number of hydrogen-bond acceptors (Lipinski definition) is 3. The molecule has 1 atom stereocenters. The van der Waals surface area contributed by atoms with Crippen LogP contribution in [0.4, 0.5) is 4.39 Å². The number of rotatable bonds is 4. The van der Waals surface area contributed by atoms with Crippen LogP contribution in [0.5, 0.6) is 0 Å². The van der Waals surface area contributed by atoms with Gasteiger partial charge in [-0.25, -0.2) is 4.39 Å². The number of carbonyl (C=O) groups excluding carboxylic acids is 1. The van der Waals surface area contributed by atoms with E-state index in [1.807, 2.05) is 0 Å². The van der Waals surface area contributed by atoms with Crippen molar-refractivity contribution in [1.82, 2.24) is 9.80 Å². The second-order valence-electron chi connectivity index (χ2n) is 5.55. The molecule has 3 nitrogen and oxygen atoms in total. The molecule has 1 aliphatic heterocycles. The first-order valence-corrected chi connectivity index (χ1v) is 7.18. The zero-order valence-electron chi connectivity index (χ0n) is 11.9. The summed E-state index contributed by atoms with van der Waals surface area (Å²) in [6.45, 7) is 2.91. The van der Waals surface area contributed by atoms with Crippen LogP contribution in [-0.2, 0) is 11.2 Å². The third-order valence-electron chi connectivity index (χ3n) is 3.85. The van der Waals surface area contributed by atoms with Crippen molar-refractivity contribution >= 4 is 17.4 Å². The average Bonchev–Trinajstić information content (AvgIpc) is 2.37. The van der Waals surface area contributed by atoms with Crippen molar-refractivity contribution in [3.8, 4) is 0 Å². The van der Waals surface area contributed by atoms with Crippen molar-refractivity contribution in [3.63, 3.8) is 0 Å². The number of halogens is 2. The molecule has 0 radical (unpaired) electrons. The van der Waals surface area contributed by atoms with Gasteiger partial charge in [-0.2, -0.15) is 0 Å². The van der Waals surface area contributed by atoms with Crippen LogP contribution in [0.1, 0.15) is 12.0 Å². The first-order valence-electron chi connectivity index (χ1n) is 6.80. The molecule has 5 heteroatoms. The molecular formula is C15H20ClFN2O. The maximum Gasteiger partial charge on any atom is 0.138 e. The standard InChI is InChI=1S/C15H20ClFN2O/c1-18-5-6-19(2)13(10-18)9-14(20)7-11-3-4-12(17)8-15(11)16/h3-4,8,13H,5-7,9-10H2,1-2H3. The highest BCUT2D eigenvalue weighted by Gasteiger charge is 2.24. The van der Waals surface area contributed by atoms with Gasteiger partial charge in [-0.15, -0.1) is 0 Å². The van der Waals surface area contributed by atoms with E-state index in [1.54, 1.807) is 6.07 Å². The third-order valence-corrected chi connectivity index (χ3v) is 4.20. The van der Waals surface area contributed by atoms with Gasteiger partial charge in [-0.3, -0.25) is 4.79 Å². The molecular weight excluding hydrogens is 279 g/mol. The van der Waals surface area contributed by atoms with Gasteiger partial charge in [0.05, 0.1) is 0 Å². The van der Waals surface area contributed by atoms with Crippen LogP contribution in [0, 0.1) is 5.82 Å². The Labute approximate surface area is 124 Å². The summed E-state index contributed by atoms with van der Waals surface area (Å²) in [7, 11) is 4.12. The monoisotopic (exact) mass is 298 g/mol. The van der Waals surface area contributed by atoms with E-state index < -0.39 is 0 Å². The molecule has 0 bridgehead atoms. The summed E-state index contributed by atoms with van der Waals surface area (Å²) in [6.07, 6.45) is 0.779. The van der Waals surface area contributed by atoms with Crippen molar-refractivity contribution in [1.29, 1.82) is 0 Å². The van der Waals surface area contributed by atoms with Crippen LogP contribution < -0.4 is 0 Å². The van der Waals surface area contributed by atoms with E-state index in [4.69, 9.17) is 11.6 Å². The van der Waals surface area contributed by atoms with E-state index in [0.29, 0.717) is 17.0 Å². The van der Waals surface area contributed by atoms with E-state index in [-0.39, 0.29) is 24.1 Å². The Kier molecular flexibility index (Phi) is 5.13. The summed E-state index contributed by atoms with van der Waals surface area (Å²) in [5, 5.41) is 0.326. The molecule has 1 heterocycles. The number of piperazine rings is 1. The van der Waals surface area contributed by atoms with Crippen molar-refractivity contribution in [2.75, 3.05) is 33.7 Å². The maximum absolute atomic E-state index is 13.0. The van der Waals surface area contributed by atoms with Gasteiger partial charge in [0.25, 0.3) is 0 Å². The number of ketones is 1. The van der Waals surface area contributed by atoms with E-state index in [1.165, 1.54) is 12.1 Å². The topological polar surface area (TPSA) is 23.6 Å². The minimum atomic E-state index is -0.375. The highest BCUT2D eigenvalue weighted by molar-refractivity contribution is 6.31. The lowest BCUT2D eigenvalue weighted by atomic mass is 10.0. The Hall–Kier alpha value is -0.970. The molecule has 20 heavy (non-hydrogen) atoms. The van der Waals surface area contributed by atoms with Crippen molar-refractivity contribution in [3.05, 3.63) is 34.6 Å². The van der Waals surface area contributed by atoms with E-state index in [9.17, 15) is 9.18 Å². The molecule has 0 saturated carbocycles. The summed E-state index contributed by atoms with van der Waals surface area (Å²) < 4.78 is 13.0. The lowest BCUT2D eigenvalue weighted by Crippen LogP contribution is -2.50. The predicted molar refractivity (Wildman–Crippen MR) is 78.7 cm³/mol. The molecule has 2 rings (SSSR count). The Morgan fingerprint density at radius 2 is 2.15 bits per heavy atom. The number of likely N-dealkylation sites (N-methyl/N-ethyl adjacent to an activating group) is 2. The van der Waals surface area contributed by atoms with E-state index >= 15 is 0 Å². The molecule has 110 valence electrons. The maximum atomic E-state index is 13.0. The van der Waals surface area contributed by atoms with E-state index in [2.05, 4.69) is 23.9 Å². The van der Waals surface area contributed by atoms with Gasteiger partial charge in [-0.1, -0.05) is 17.7 Å². The molecule has 1 saturated heterocycles. The third kappa shape index (κ3) is 4.01. The zero-order chi connectivity index (χ0) is 14.7. The second-order valence-corrected chi connectivity index (χ2v) is 5.96. The Morgan fingerprint density at radius 3 is 2.85 bits per heavy atom. The van der Waals surface area contributed by atoms with Gasteiger partial charge < -0.3 is 9.80 Å². The molecule has 0 spiro atoms. The van der Waals surface area contributed by atoms with Crippen molar-refractivity contribution in [2.24, 2.45) is 0 Å². The summed E-state index contributed by atoms with van der Waals surface area (Å²) in [4.78, 5) is 16.6. The Bertz CT molecular complexity index is 495. The van der Waals surface area contributed by atoms with Gasteiger partial charge in [0.2, 0.25) is 0 Å². The lowest BCUT2D eigenvalue weighted by Gasteiger charge is -2.37. The molecule has 1 aliphatic rings. The summed E-state index contributed by atoms with van der Waals surface area (Å²) in [5.74, 6) is -0.231. The summed E-state index contributed by atoms with van der Waals surface area (Å²) in [6, 6.07) is 4.44. The smallest absolute Gasteiger partial charge is 0.138 e. The van der Waals surface area contributed by atoms with Crippen LogP contribution in [0.2, 0.25) is 5.02 Å². The largest absolute Gasteiger partial charge is 0.304 e. The predicted octanol–water partition coefficient (Wildman–Crippen LogP) is 2.23. The molecule has 1 aromatic carbocycles. The van der Waals surface area contributed by atoms with Gasteiger partial charge in [0.15, 0.2) is 0 Å². The van der Waals surface area contributed by atoms with Crippen LogP contribution in [0.15, 0.2) is 18.2 Å². The summed E-state index contributed by atoms with van der Waals surface area (Å²) in [5.41, 5.74) is 0.699. The quantitative estimate of drug-likeness (QED) is 0.852. The molecule has 1 unspecified atom stereocenters. The minimum Gasteiger partial charge on any atom is -0.304 e. The van der Waals surface area contributed by atoms with Crippen molar-refractivity contribution in [2.45, 2.75) is 18.9 Å². The van der Waals surface area contributed by atoms with Crippen LogP contribution in [0.25, 0.3) is 0 Å². The molecule has 1 fully saturated rings. The number of benzene rings is 1. The van der Waals surface area contributed by atoms with Gasteiger partial charge in [0, 0.05) is 43.5 Å². The van der Waals surface area contributed by atoms with Crippen molar-refractivity contribution < 1.29 is 9.18 Å².